The van der Waals surface area contributed by atoms with Gasteiger partial charge in [-0.1, -0.05) is 11.6 Å². The van der Waals surface area contributed by atoms with Crippen LogP contribution in [0.25, 0.3) is 0 Å². The number of hydrogen-bond acceptors (Lipinski definition) is 4. The molecule has 1 aromatic carbocycles. The zero-order valence-corrected chi connectivity index (χ0v) is 12.6. The van der Waals surface area contributed by atoms with Crippen LogP contribution < -0.4 is 4.90 Å². The lowest BCUT2D eigenvalue weighted by atomic mass is 10.1. The molecule has 0 saturated heterocycles. The molecule has 0 atom stereocenters. The first-order valence-corrected chi connectivity index (χ1v) is 7.49. The average molecular weight is 325 g/mol. The fourth-order valence-electron chi connectivity index (χ4n) is 2.29. The zero-order valence-electron chi connectivity index (χ0n) is 11.0. The van der Waals surface area contributed by atoms with Crippen molar-refractivity contribution in [3.8, 4) is 0 Å². The van der Waals surface area contributed by atoms with Crippen molar-refractivity contribution in [2.45, 2.75) is 13.3 Å². The van der Waals surface area contributed by atoms with E-state index in [2.05, 4.69) is 4.98 Å². The van der Waals surface area contributed by atoms with Crippen LogP contribution in [0.4, 0.5) is 10.1 Å². The van der Waals surface area contributed by atoms with E-state index >= 15 is 0 Å². The number of amides is 1. The monoisotopic (exact) mass is 324 g/mol. The van der Waals surface area contributed by atoms with E-state index in [4.69, 9.17) is 11.6 Å². The molecule has 0 saturated carbocycles. The number of aromatic nitrogens is 1. The number of halogens is 2. The number of Topliss-reactive ketones (excluding diaryl/α,β-unsaturated/α-hetero) is 1. The Kier molecular flexibility index (Phi) is 3.51. The van der Waals surface area contributed by atoms with E-state index < -0.39 is 17.5 Å². The number of anilines is 1. The van der Waals surface area contributed by atoms with Crippen LogP contribution in [0.2, 0.25) is 5.02 Å². The van der Waals surface area contributed by atoms with Gasteiger partial charge in [-0.05, 0) is 19.1 Å². The number of nitrogens with zero attached hydrogens (tertiary/aromatic N) is 2. The highest BCUT2D eigenvalue weighted by Crippen LogP contribution is 2.33. The molecule has 3 rings (SSSR count). The van der Waals surface area contributed by atoms with Crippen LogP contribution in [0.5, 0.6) is 0 Å². The number of thiazole rings is 1. The molecule has 0 N–H and O–H groups in total. The Morgan fingerprint density at radius 2 is 2.14 bits per heavy atom. The van der Waals surface area contributed by atoms with Gasteiger partial charge in [-0.25, -0.2) is 9.37 Å². The Hall–Kier alpha value is -1.79. The van der Waals surface area contributed by atoms with Crippen molar-refractivity contribution in [2.75, 3.05) is 11.4 Å². The van der Waals surface area contributed by atoms with Crippen LogP contribution in [0.3, 0.4) is 0 Å². The van der Waals surface area contributed by atoms with Crippen molar-refractivity contribution in [2.24, 2.45) is 0 Å². The Bertz CT molecular complexity index is 759. The van der Waals surface area contributed by atoms with Gasteiger partial charge in [0.05, 0.1) is 27.5 Å². The molecule has 7 heteroatoms. The maximum Gasteiger partial charge on any atom is 0.299 e. The number of benzene rings is 1. The van der Waals surface area contributed by atoms with Crippen molar-refractivity contribution in [3.63, 3.8) is 0 Å². The lowest BCUT2D eigenvalue weighted by molar-refractivity contribution is -0.114. The van der Waals surface area contributed by atoms with Crippen LogP contribution >= 0.6 is 22.9 Å². The molecular formula is C14H10ClFN2O2S. The summed E-state index contributed by atoms with van der Waals surface area (Å²) in [5, 5.41) is -0.157. The summed E-state index contributed by atoms with van der Waals surface area (Å²) in [7, 11) is 0. The largest absolute Gasteiger partial charge is 0.304 e. The summed E-state index contributed by atoms with van der Waals surface area (Å²) in [6, 6.07) is 2.35. The maximum absolute atomic E-state index is 13.6. The van der Waals surface area contributed by atoms with Gasteiger partial charge in [0.15, 0.2) is 0 Å². The summed E-state index contributed by atoms with van der Waals surface area (Å²) in [5.74, 6) is -1.93. The van der Waals surface area contributed by atoms with Crippen LogP contribution in [-0.4, -0.2) is 23.2 Å². The van der Waals surface area contributed by atoms with E-state index in [0.717, 1.165) is 16.6 Å². The van der Waals surface area contributed by atoms with E-state index in [1.54, 1.807) is 5.51 Å². The normalized spacial score (nSPS) is 14.0. The topological polar surface area (TPSA) is 50.3 Å². The summed E-state index contributed by atoms with van der Waals surface area (Å²) in [4.78, 5) is 30.4. The molecule has 1 aliphatic rings. The summed E-state index contributed by atoms with van der Waals surface area (Å²) in [6.07, 6.45) is 0.569. The minimum Gasteiger partial charge on any atom is -0.304 e. The molecule has 108 valence electrons. The second-order valence-corrected chi connectivity index (χ2v) is 6.03. The SMILES string of the molecule is Cc1ncsc1CCN1C(=O)C(=O)c2cc(Cl)c(F)cc21. The van der Waals surface area contributed by atoms with Crippen LogP contribution in [0.15, 0.2) is 17.6 Å². The molecule has 4 nitrogen and oxygen atoms in total. The number of rotatable bonds is 3. The minimum atomic E-state index is -0.645. The van der Waals surface area contributed by atoms with Crippen LogP contribution in [0, 0.1) is 12.7 Å². The second kappa shape index (κ2) is 5.20. The van der Waals surface area contributed by atoms with Crippen molar-refractivity contribution in [1.82, 2.24) is 4.98 Å². The molecule has 21 heavy (non-hydrogen) atoms. The number of aryl methyl sites for hydroxylation is 1. The standard InChI is InChI=1S/C14H10ClFN2O2S/c1-7-12(21-6-17-7)2-3-18-11-5-10(16)9(15)4-8(11)13(19)14(18)20/h4-6H,2-3H2,1H3. The predicted molar refractivity (Wildman–Crippen MR) is 78.6 cm³/mol. The van der Waals surface area contributed by atoms with Crippen molar-refractivity contribution >= 4 is 40.3 Å². The minimum absolute atomic E-state index is 0.157. The molecule has 2 heterocycles. The van der Waals surface area contributed by atoms with Gasteiger partial charge in [-0.3, -0.25) is 9.59 Å². The first-order valence-electron chi connectivity index (χ1n) is 6.23. The molecule has 0 fully saturated rings. The molecule has 0 aliphatic carbocycles. The second-order valence-electron chi connectivity index (χ2n) is 4.68. The summed E-state index contributed by atoms with van der Waals surface area (Å²) >= 11 is 7.16. The third-order valence-corrected chi connectivity index (χ3v) is 4.71. The van der Waals surface area contributed by atoms with E-state index in [1.165, 1.54) is 22.3 Å². The number of carbonyl (C=O) groups excluding carboxylic acids is 2. The summed E-state index contributed by atoms with van der Waals surface area (Å²) in [5.41, 5.74) is 3.08. The first kappa shape index (κ1) is 14.2. The molecule has 0 radical (unpaired) electrons. The first-order chi connectivity index (χ1) is 9.99. The van der Waals surface area contributed by atoms with Crippen molar-refractivity contribution in [1.29, 1.82) is 0 Å². The van der Waals surface area contributed by atoms with Gasteiger partial charge in [0.2, 0.25) is 0 Å². The summed E-state index contributed by atoms with van der Waals surface area (Å²) in [6.45, 7) is 2.19. The number of hydrogen-bond donors (Lipinski definition) is 0. The van der Waals surface area contributed by atoms with E-state index in [1.807, 2.05) is 6.92 Å². The average Bonchev–Trinajstić information content (AvgIpc) is 2.95. The highest BCUT2D eigenvalue weighted by Gasteiger charge is 2.36. The lowest BCUT2D eigenvalue weighted by Crippen LogP contribution is -2.31. The third kappa shape index (κ3) is 2.34. The molecule has 0 bridgehead atoms. The quantitative estimate of drug-likeness (QED) is 0.815. The molecule has 2 aromatic rings. The lowest BCUT2D eigenvalue weighted by Gasteiger charge is -2.16. The van der Waals surface area contributed by atoms with E-state index in [0.29, 0.717) is 13.0 Å². The highest BCUT2D eigenvalue weighted by molar-refractivity contribution is 7.09. The fraction of sp³-hybridized carbons (Fsp3) is 0.214. The molecule has 1 aromatic heterocycles. The Morgan fingerprint density at radius 3 is 2.81 bits per heavy atom. The van der Waals surface area contributed by atoms with Gasteiger partial charge in [0, 0.05) is 17.8 Å². The Labute approximate surface area is 129 Å². The van der Waals surface area contributed by atoms with Crippen LogP contribution in [-0.2, 0) is 11.2 Å². The molecule has 0 unspecified atom stereocenters. The zero-order chi connectivity index (χ0) is 15.1. The Balaban J connectivity index is 1.90. The van der Waals surface area contributed by atoms with Gasteiger partial charge in [-0.15, -0.1) is 11.3 Å². The molecule has 1 aliphatic heterocycles. The van der Waals surface area contributed by atoms with Gasteiger partial charge >= 0.3 is 0 Å². The maximum atomic E-state index is 13.6. The number of carbonyl (C=O) groups is 2. The number of fused-ring (bicyclic) bond motifs is 1. The smallest absolute Gasteiger partial charge is 0.299 e. The third-order valence-electron chi connectivity index (χ3n) is 3.42. The summed E-state index contributed by atoms with van der Waals surface area (Å²) < 4.78 is 13.6. The van der Waals surface area contributed by atoms with Gasteiger partial charge < -0.3 is 4.90 Å². The molecular weight excluding hydrogens is 315 g/mol. The highest BCUT2D eigenvalue weighted by atomic mass is 35.5. The van der Waals surface area contributed by atoms with E-state index in [9.17, 15) is 14.0 Å². The van der Waals surface area contributed by atoms with Gasteiger partial charge in [-0.2, -0.15) is 0 Å². The van der Waals surface area contributed by atoms with Crippen molar-refractivity contribution < 1.29 is 14.0 Å². The fourth-order valence-corrected chi connectivity index (χ4v) is 3.22. The van der Waals surface area contributed by atoms with Gasteiger partial charge in [0.1, 0.15) is 5.82 Å². The number of ketones is 1. The molecule has 0 spiro atoms. The predicted octanol–water partition coefficient (Wildman–Crippen LogP) is 3.02. The van der Waals surface area contributed by atoms with E-state index in [-0.39, 0.29) is 16.3 Å². The van der Waals surface area contributed by atoms with Gasteiger partial charge in [0.25, 0.3) is 11.7 Å². The van der Waals surface area contributed by atoms with Crippen molar-refractivity contribution in [3.05, 3.63) is 44.6 Å². The molecule has 1 amide bonds. The van der Waals surface area contributed by atoms with Crippen LogP contribution in [0.1, 0.15) is 20.9 Å². The Morgan fingerprint density at radius 1 is 1.38 bits per heavy atom.